The monoisotopic (exact) mass is 471 g/mol. The molecule has 0 saturated carbocycles. The normalized spacial score (nSPS) is 12.2. The molecule has 35 heavy (non-hydrogen) atoms. The van der Waals surface area contributed by atoms with Gasteiger partial charge in [0.25, 0.3) is 11.5 Å². The summed E-state index contributed by atoms with van der Waals surface area (Å²) < 4.78 is 15.5. The average Bonchev–Trinajstić information content (AvgIpc) is 2.84. The van der Waals surface area contributed by atoms with Gasteiger partial charge in [-0.2, -0.15) is 0 Å². The van der Waals surface area contributed by atoms with Gasteiger partial charge >= 0.3 is 0 Å². The van der Waals surface area contributed by atoms with Gasteiger partial charge in [-0.3, -0.25) is 14.2 Å². The van der Waals surface area contributed by atoms with E-state index in [1.54, 1.807) is 27.7 Å². The standard InChI is InChI=1S/C29H30FN3O2/c1-19(2)16-17-32(28(34)22-8-7-9-23(30)18-22)21(4)27-31-26-11-6-5-10-25(26)29(35)33(27)24-14-12-20(3)13-15-24/h5-15,18-19,21H,16-17H2,1-4H3. The van der Waals surface area contributed by atoms with Crippen molar-refractivity contribution in [1.29, 1.82) is 0 Å². The molecule has 180 valence electrons. The predicted octanol–water partition coefficient (Wildman–Crippen LogP) is 6.08. The molecular weight excluding hydrogens is 441 g/mol. The summed E-state index contributed by atoms with van der Waals surface area (Å²) in [5, 5.41) is 0.509. The summed E-state index contributed by atoms with van der Waals surface area (Å²) in [4.78, 5) is 33.9. The average molecular weight is 472 g/mol. The van der Waals surface area contributed by atoms with Crippen molar-refractivity contribution < 1.29 is 9.18 Å². The number of para-hydroxylation sites is 1. The fraction of sp³-hybridized carbons (Fsp3) is 0.276. The second kappa shape index (κ2) is 10.2. The minimum Gasteiger partial charge on any atom is -0.329 e. The summed E-state index contributed by atoms with van der Waals surface area (Å²) in [6.07, 6.45) is 0.758. The van der Waals surface area contributed by atoms with Crippen molar-refractivity contribution >= 4 is 16.8 Å². The number of hydrogen-bond acceptors (Lipinski definition) is 3. The molecule has 1 amide bonds. The van der Waals surface area contributed by atoms with Gasteiger partial charge in [0.15, 0.2) is 0 Å². The van der Waals surface area contributed by atoms with Gasteiger partial charge in [0, 0.05) is 12.1 Å². The Labute approximate surface area is 204 Å². The molecule has 4 rings (SSSR count). The second-order valence-corrected chi connectivity index (χ2v) is 9.33. The van der Waals surface area contributed by atoms with Crippen LogP contribution in [0.2, 0.25) is 0 Å². The van der Waals surface area contributed by atoms with Crippen molar-refractivity contribution in [3.63, 3.8) is 0 Å². The lowest BCUT2D eigenvalue weighted by Gasteiger charge is -2.31. The van der Waals surface area contributed by atoms with Crippen LogP contribution in [0.5, 0.6) is 0 Å². The van der Waals surface area contributed by atoms with Crippen molar-refractivity contribution in [3.05, 3.63) is 106 Å². The predicted molar refractivity (Wildman–Crippen MR) is 137 cm³/mol. The number of aryl methyl sites for hydroxylation is 1. The highest BCUT2D eigenvalue weighted by Crippen LogP contribution is 2.26. The lowest BCUT2D eigenvalue weighted by atomic mass is 10.1. The number of fused-ring (bicyclic) bond motifs is 1. The van der Waals surface area contributed by atoms with Gasteiger partial charge in [-0.05, 0) is 68.7 Å². The molecule has 4 aromatic rings. The van der Waals surface area contributed by atoms with Crippen LogP contribution in [0.3, 0.4) is 0 Å². The van der Waals surface area contributed by atoms with E-state index in [-0.39, 0.29) is 17.0 Å². The zero-order valence-electron chi connectivity index (χ0n) is 20.5. The zero-order chi connectivity index (χ0) is 25.1. The lowest BCUT2D eigenvalue weighted by molar-refractivity contribution is 0.0671. The fourth-order valence-electron chi connectivity index (χ4n) is 4.17. The molecule has 1 unspecified atom stereocenters. The summed E-state index contributed by atoms with van der Waals surface area (Å²) in [6, 6.07) is 20.1. The minimum absolute atomic E-state index is 0.191. The van der Waals surface area contributed by atoms with Gasteiger partial charge < -0.3 is 4.90 Å². The Balaban J connectivity index is 1.89. The van der Waals surface area contributed by atoms with Crippen molar-refractivity contribution in [2.24, 2.45) is 5.92 Å². The van der Waals surface area contributed by atoms with Gasteiger partial charge in [-0.1, -0.05) is 49.7 Å². The molecule has 5 nitrogen and oxygen atoms in total. The number of carbonyl (C=O) groups excluding carboxylic acids is 1. The SMILES string of the molecule is Cc1ccc(-n2c(C(C)N(CCC(C)C)C(=O)c3cccc(F)c3)nc3ccccc3c2=O)cc1. The van der Waals surface area contributed by atoms with Crippen LogP contribution in [-0.2, 0) is 0 Å². The number of hydrogen-bond donors (Lipinski definition) is 0. The van der Waals surface area contributed by atoms with Gasteiger partial charge in [0.2, 0.25) is 0 Å². The molecule has 0 bridgehead atoms. The Morgan fingerprint density at radius 1 is 1.00 bits per heavy atom. The molecule has 1 aromatic heterocycles. The Morgan fingerprint density at radius 2 is 1.71 bits per heavy atom. The first-order valence-corrected chi connectivity index (χ1v) is 11.9. The van der Waals surface area contributed by atoms with Crippen molar-refractivity contribution in [2.75, 3.05) is 6.54 Å². The summed E-state index contributed by atoms with van der Waals surface area (Å²) in [7, 11) is 0. The maximum absolute atomic E-state index is 13.9. The molecule has 1 atom stereocenters. The molecule has 0 aliphatic heterocycles. The quantitative estimate of drug-likeness (QED) is 0.328. The third-order valence-corrected chi connectivity index (χ3v) is 6.21. The Morgan fingerprint density at radius 3 is 2.40 bits per heavy atom. The molecule has 6 heteroatoms. The highest BCUT2D eigenvalue weighted by Gasteiger charge is 2.28. The van der Waals surface area contributed by atoms with Crippen LogP contribution in [0.25, 0.3) is 16.6 Å². The van der Waals surface area contributed by atoms with Crippen molar-refractivity contribution in [3.8, 4) is 5.69 Å². The Bertz CT molecular complexity index is 1410. The summed E-state index contributed by atoms with van der Waals surface area (Å²) in [5.74, 6) is 0.0585. The number of nitrogens with zero attached hydrogens (tertiary/aromatic N) is 3. The topological polar surface area (TPSA) is 55.2 Å². The molecule has 3 aromatic carbocycles. The summed E-state index contributed by atoms with van der Waals surface area (Å²) in [6.45, 7) is 8.49. The van der Waals surface area contributed by atoms with Gasteiger partial charge in [0.1, 0.15) is 11.6 Å². The highest BCUT2D eigenvalue weighted by atomic mass is 19.1. The first-order chi connectivity index (χ1) is 16.8. The van der Waals surface area contributed by atoms with Crippen molar-refractivity contribution in [2.45, 2.75) is 40.2 Å². The van der Waals surface area contributed by atoms with E-state index in [1.165, 1.54) is 18.2 Å². The first-order valence-electron chi connectivity index (χ1n) is 11.9. The van der Waals surface area contributed by atoms with E-state index in [0.717, 1.165) is 12.0 Å². The van der Waals surface area contributed by atoms with E-state index in [9.17, 15) is 14.0 Å². The molecule has 0 spiro atoms. The second-order valence-electron chi connectivity index (χ2n) is 9.33. The van der Waals surface area contributed by atoms with Crippen LogP contribution in [0.15, 0.2) is 77.6 Å². The van der Waals surface area contributed by atoms with E-state index >= 15 is 0 Å². The number of benzene rings is 3. The Kier molecular flexibility index (Phi) is 7.10. The number of carbonyl (C=O) groups is 1. The smallest absolute Gasteiger partial charge is 0.266 e. The summed E-state index contributed by atoms with van der Waals surface area (Å²) >= 11 is 0. The van der Waals surface area contributed by atoms with Crippen LogP contribution >= 0.6 is 0 Å². The lowest BCUT2D eigenvalue weighted by Crippen LogP contribution is -2.38. The first kappa shape index (κ1) is 24.3. The maximum atomic E-state index is 13.9. The fourth-order valence-corrected chi connectivity index (χ4v) is 4.17. The largest absolute Gasteiger partial charge is 0.329 e. The van der Waals surface area contributed by atoms with Crippen molar-refractivity contribution in [1.82, 2.24) is 14.5 Å². The molecular formula is C29H30FN3O2. The van der Waals surface area contributed by atoms with Crippen LogP contribution in [0.1, 0.15) is 55.0 Å². The van der Waals surface area contributed by atoms with Crippen LogP contribution in [0.4, 0.5) is 4.39 Å². The van der Waals surface area contributed by atoms with Crippen LogP contribution in [-0.4, -0.2) is 26.9 Å². The van der Waals surface area contributed by atoms with Crippen LogP contribution < -0.4 is 5.56 Å². The summed E-state index contributed by atoms with van der Waals surface area (Å²) in [5.41, 5.74) is 2.41. The van der Waals surface area contributed by atoms with E-state index in [4.69, 9.17) is 4.98 Å². The highest BCUT2D eigenvalue weighted by molar-refractivity contribution is 5.94. The number of rotatable bonds is 7. The van der Waals surface area contributed by atoms with Gasteiger partial charge in [-0.25, -0.2) is 9.37 Å². The molecule has 0 N–H and O–H groups in total. The molecule has 1 heterocycles. The zero-order valence-corrected chi connectivity index (χ0v) is 20.5. The van der Waals surface area contributed by atoms with E-state index < -0.39 is 11.9 Å². The van der Waals surface area contributed by atoms with Gasteiger partial charge in [0.05, 0.1) is 22.6 Å². The molecule has 0 radical (unpaired) electrons. The molecule has 0 saturated heterocycles. The molecule has 0 fully saturated rings. The van der Waals surface area contributed by atoms with Crippen LogP contribution in [0, 0.1) is 18.7 Å². The maximum Gasteiger partial charge on any atom is 0.266 e. The number of aromatic nitrogens is 2. The Hall–Kier alpha value is -3.80. The third kappa shape index (κ3) is 5.16. The molecule has 0 aliphatic rings. The van der Waals surface area contributed by atoms with Gasteiger partial charge in [-0.15, -0.1) is 0 Å². The van der Waals surface area contributed by atoms with E-state index in [1.807, 2.05) is 50.2 Å². The van der Waals surface area contributed by atoms with E-state index in [0.29, 0.717) is 34.9 Å². The van der Waals surface area contributed by atoms with E-state index in [2.05, 4.69) is 13.8 Å². The number of amides is 1. The number of halogens is 1. The minimum atomic E-state index is -0.539. The molecule has 0 aliphatic carbocycles. The third-order valence-electron chi connectivity index (χ3n) is 6.21.